The molecule has 1 N–H and O–H groups in total. The zero-order valence-corrected chi connectivity index (χ0v) is 11.1. The predicted molar refractivity (Wildman–Crippen MR) is 68.9 cm³/mol. The van der Waals surface area contributed by atoms with Gasteiger partial charge < -0.3 is 14.6 Å². The number of hydrogen-bond acceptors (Lipinski definition) is 4. The molecule has 0 fully saturated rings. The molecule has 0 saturated carbocycles. The Morgan fingerprint density at radius 3 is 3.06 bits per heavy atom. The zero-order valence-electron chi connectivity index (χ0n) is 10.3. The summed E-state index contributed by atoms with van der Waals surface area (Å²) in [5, 5.41) is 3.34. The molecule has 92 valence electrons. The lowest BCUT2D eigenvalue weighted by Crippen LogP contribution is -2.21. The minimum absolute atomic E-state index is 0.748. The summed E-state index contributed by atoms with van der Waals surface area (Å²) in [7, 11) is 1.72. The maximum absolute atomic E-state index is 4.99. The van der Waals surface area contributed by atoms with Gasteiger partial charge in [-0.3, -0.25) is 0 Å². The van der Waals surface area contributed by atoms with Crippen LogP contribution < -0.4 is 5.32 Å². The molecule has 0 unspecified atom stereocenters. The van der Waals surface area contributed by atoms with Crippen molar-refractivity contribution < 1.29 is 4.74 Å². The van der Waals surface area contributed by atoms with Crippen LogP contribution in [0.4, 0.5) is 0 Å². The highest BCUT2D eigenvalue weighted by atomic mass is 32.2. The molecule has 1 aromatic rings. The van der Waals surface area contributed by atoms with Crippen LogP contribution in [0.2, 0.25) is 0 Å². The highest BCUT2D eigenvalue weighted by Gasteiger charge is 2.05. The molecular formula is C11H21N3OS. The van der Waals surface area contributed by atoms with Crippen molar-refractivity contribution in [1.82, 2.24) is 14.9 Å². The van der Waals surface area contributed by atoms with E-state index in [-0.39, 0.29) is 0 Å². The van der Waals surface area contributed by atoms with Crippen LogP contribution >= 0.6 is 11.8 Å². The summed E-state index contributed by atoms with van der Waals surface area (Å²) in [6, 6.07) is 0. The van der Waals surface area contributed by atoms with Crippen LogP contribution in [0.15, 0.2) is 6.20 Å². The van der Waals surface area contributed by atoms with E-state index >= 15 is 0 Å². The molecule has 0 aliphatic heterocycles. The lowest BCUT2D eigenvalue weighted by molar-refractivity contribution is 0.199. The van der Waals surface area contributed by atoms with Gasteiger partial charge in [0.1, 0.15) is 5.82 Å². The van der Waals surface area contributed by atoms with Crippen LogP contribution in [0, 0.1) is 6.92 Å². The SMILES string of the molecule is COCCNCc1cnc(C)n1CCSC. The smallest absolute Gasteiger partial charge is 0.105 e. The fourth-order valence-electron chi connectivity index (χ4n) is 1.53. The van der Waals surface area contributed by atoms with E-state index in [1.807, 2.05) is 18.0 Å². The van der Waals surface area contributed by atoms with Gasteiger partial charge >= 0.3 is 0 Å². The average Bonchev–Trinajstić information content (AvgIpc) is 2.63. The molecule has 0 aromatic carbocycles. The van der Waals surface area contributed by atoms with E-state index < -0.39 is 0 Å². The molecular weight excluding hydrogens is 222 g/mol. The number of nitrogens with one attached hydrogen (secondary N) is 1. The minimum atomic E-state index is 0.748. The van der Waals surface area contributed by atoms with Crippen molar-refractivity contribution in [3.8, 4) is 0 Å². The number of nitrogens with zero attached hydrogens (tertiary/aromatic N) is 2. The van der Waals surface area contributed by atoms with Crippen molar-refractivity contribution in [2.45, 2.75) is 20.0 Å². The molecule has 0 aliphatic carbocycles. The molecule has 0 radical (unpaired) electrons. The van der Waals surface area contributed by atoms with Gasteiger partial charge in [0.05, 0.1) is 12.3 Å². The van der Waals surface area contributed by atoms with Gasteiger partial charge in [0.2, 0.25) is 0 Å². The molecule has 0 atom stereocenters. The van der Waals surface area contributed by atoms with E-state index in [1.165, 1.54) is 5.69 Å². The van der Waals surface area contributed by atoms with Crippen LogP contribution in [-0.4, -0.2) is 41.8 Å². The van der Waals surface area contributed by atoms with E-state index in [2.05, 4.69) is 28.0 Å². The highest BCUT2D eigenvalue weighted by molar-refractivity contribution is 7.98. The van der Waals surface area contributed by atoms with Crippen molar-refractivity contribution in [3.63, 3.8) is 0 Å². The first-order valence-corrected chi connectivity index (χ1v) is 6.88. The molecule has 0 spiro atoms. The number of rotatable bonds is 8. The number of aryl methyl sites for hydroxylation is 1. The first-order valence-electron chi connectivity index (χ1n) is 5.49. The molecule has 0 saturated heterocycles. The first kappa shape index (κ1) is 13.5. The number of ether oxygens (including phenoxy) is 1. The van der Waals surface area contributed by atoms with Crippen LogP contribution in [0.3, 0.4) is 0 Å². The standard InChI is InChI=1S/C11H21N3OS/c1-10-13-9-11(8-12-4-6-15-2)14(10)5-7-16-3/h9,12H,4-8H2,1-3H3. The monoisotopic (exact) mass is 243 g/mol. The van der Waals surface area contributed by atoms with E-state index in [1.54, 1.807) is 7.11 Å². The van der Waals surface area contributed by atoms with Gasteiger partial charge in [-0.15, -0.1) is 0 Å². The molecule has 1 aromatic heterocycles. The molecule has 0 amide bonds. The Kier molecular flexibility index (Phi) is 6.52. The molecule has 1 heterocycles. The van der Waals surface area contributed by atoms with Crippen LogP contribution in [0.25, 0.3) is 0 Å². The largest absolute Gasteiger partial charge is 0.383 e. The Morgan fingerprint density at radius 2 is 2.38 bits per heavy atom. The lowest BCUT2D eigenvalue weighted by atomic mass is 10.4. The van der Waals surface area contributed by atoms with Gasteiger partial charge in [0, 0.05) is 38.7 Å². The summed E-state index contributed by atoms with van der Waals surface area (Å²) in [6.07, 6.45) is 4.08. The number of aromatic nitrogens is 2. The predicted octanol–water partition coefficient (Wildman–Crippen LogP) is 1.29. The summed E-state index contributed by atoms with van der Waals surface area (Å²) >= 11 is 1.86. The molecule has 1 rings (SSSR count). The van der Waals surface area contributed by atoms with Crippen molar-refractivity contribution in [3.05, 3.63) is 17.7 Å². The Morgan fingerprint density at radius 1 is 1.56 bits per heavy atom. The van der Waals surface area contributed by atoms with Gasteiger partial charge in [-0.1, -0.05) is 0 Å². The van der Waals surface area contributed by atoms with Crippen molar-refractivity contribution in [2.75, 3.05) is 32.3 Å². The normalized spacial score (nSPS) is 10.9. The Labute approximate surface area is 102 Å². The summed E-state index contributed by atoms with van der Waals surface area (Å²) in [5.74, 6) is 2.22. The summed E-state index contributed by atoms with van der Waals surface area (Å²) < 4.78 is 7.27. The number of thioether (sulfide) groups is 1. The second-order valence-electron chi connectivity index (χ2n) is 3.61. The number of imidazole rings is 1. The second kappa shape index (κ2) is 7.70. The first-order chi connectivity index (χ1) is 7.79. The molecule has 4 nitrogen and oxygen atoms in total. The Balaban J connectivity index is 2.44. The van der Waals surface area contributed by atoms with Gasteiger partial charge in [-0.05, 0) is 13.2 Å². The van der Waals surface area contributed by atoms with E-state index in [0.29, 0.717) is 0 Å². The average molecular weight is 243 g/mol. The van der Waals surface area contributed by atoms with Gasteiger partial charge in [-0.2, -0.15) is 11.8 Å². The molecule has 0 bridgehead atoms. The molecule has 16 heavy (non-hydrogen) atoms. The van der Waals surface area contributed by atoms with Crippen LogP contribution in [-0.2, 0) is 17.8 Å². The summed E-state index contributed by atoms with van der Waals surface area (Å²) in [5.41, 5.74) is 1.25. The molecule has 0 aliphatic rings. The fraction of sp³-hybridized carbons (Fsp3) is 0.727. The number of methoxy groups -OCH3 is 1. The van der Waals surface area contributed by atoms with Crippen molar-refractivity contribution >= 4 is 11.8 Å². The lowest BCUT2D eigenvalue weighted by Gasteiger charge is -2.10. The third kappa shape index (κ3) is 4.15. The molecule has 5 heteroatoms. The van der Waals surface area contributed by atoms with Crippen LogP contribution in [0.1, 0.15) is 11.5 Å². The topological polar surface area (TPSA) is 39.1 Å². The summed E-state index contributed by atoms with van der Waals surface area (Å²) in [4.78, 5) is 4.35. The number of hydrogen-bond donors (Lipinski definition) is 1. The highest BCUT2D eigenvalue weighted by Crippen LogP contribution is 2.06. The third-order valence-corrected chi connectivity index (χ3v) is 3.04. The van der Waals surface area contributed by atoms with Crippen LogP contribution in [0.5, 0.6) is 0 Å². The quantitative estimate of drug-likeness (QED) is 0.698. The van der Waals surface area contributed by atoms with Crippen molar-refractivity contribution in [2.24, 2.45) is 0 Å². The van der Waals surface area contributed by atoms with Crippen molar-refractivity contribution in [1.29, 1.82) is 0 Å². The fourth-order valence-corrected chi connectivity index (χ4v) is 1.90. The van der Waals surface area contributed by atoms with E-state index in [4.69, 9.17) is 4.74 Å². The van der Waals surface area contributed by atoms with E-state index in [0.717, 1.165) is 37.8 Å². The Hall–Kier alpha value is -0.520. The Bertz CT molecular complexity index is 301. The second-order valence-corrected chi connectivity index (χ2v) is 4.60. The van der Waals surface area contributed by atoms with E-state index in [9.17, 15) is 0 Å². The minimum Gasteiger partial charge on any atom is -0.383 e. The zero-order chi connectivity index (χ0) is 11.8. The van der Waals surface area contributed by atoms with Gasteiger partial charge in [0.25, 0.3) is 0 Å². The summed E-state index contributed by atoms with van der Waals surface area (Å²) in [6.45, 7) is 5.58. The maximum Gasteiger partial charge on any atom is 0.105 e. The van der Waals surface area contributed by atoms with Gasteiger partial charge in [-0.25, -0.2) is 4.98 Å². The van der Waals surface area contributed by atoms with Gasteiger partial charge in [0.15, 0.2) is 0 Å². The maximum atomic E-state index is 4.99. The third-order valence-electron chi connectivity index (χ3n) is 2.45.